The maximum absolute atomic E-state index is 12.7. The van der Waals surface area contributed by atoms with Gasteiger partial charge < -0.3 is 5.11 Å². The number of hydrogen-bond donors (Lipinski definition) is 1. The summed E-state index contributed by atoms with van der Waals surface area (Å²) in [4.78, 5) is 11.3. The fraction of sp³-hybridized carbons (Fsp3) is 0.188. The largest absolute Gasteiger partial charge is 0.478 e. The Bertz CT molecular complexity index is 703. The number of hydrogen-bond acceptors (Lipinski definition) is 1. The van der Waals surface area contributed by atoms with Crippen molar-refractivity contribution in [1.29, 1.82) is 0 Å². The van der Waals surface area contributed by atoms with Gasteiger partial charge in [0.05, 0.1) is 11.1 Å². The van der Waals surface area contributed by atoms with E-state index in [2.05, 4.69) is 0 Å². The van der Waals surface area contributed by atoms with Crippen LogP contribution in [0.4, 0.5) is 13.2 Å². The third-order valence-electron chi connectivity index (χ3n) is 3.25. The minimum atomic E-state index is -4.41. The highest BCUT2D eigenvalue weighted by Crippen LogP contribution is 2.34. The van der Waals surface area contributed by atoms with Crippen molar-refractivity contribution in [2.24, 2.45) is 0 Å². The molecule has 0 aliphatic heterocycles. The van der Waals surface area contributed by atoms with Crippen LogP contribution in [-0.4, -0.2) is 11.1 Å². The highest BCUT2D eigenvalue weighted by atomic mass is 19.4. The number of carbonyl (C=O) groups is 1. The summed E-state index contributed by atoms with van der Waals surface area (Å²) in [6, 6.07) is 8.11. The Morgan fingerprint density at radius 2 is 1.67 bits per heavy atom. The molecule has 0 amide bonds. The smallest absolute Gasteiger partial charge is 0.416 e. The molecule has 2 rings (SSSR count). The van der Waals surface area contributed by atoms with Gasteiger partial charge in [-0.15, -0.1) is 0 Å². The van der Waals surface area contributed by atoms with E-state index in [4.69, 9.17) is 0 Å². The van der Waals surface area contributed by atoms with Crippen molar-refractivity contribution >= 4 is 5.97 Å². The molecule has 0 aliphatic carbocycles. The summed E-state index contributed by atoms with van der Waals surface area (Å²) in [7, 11) is 0. The van der Waals surface area contributed by atoms with Crippen LogP contribution in [0.1, 0.15) is 27.0 Å². The van der Waals surface area contributed by atoms with Crippen LogP contribution in [0, 0.1) is 13.8 Å². The first-order valence-electron chi connectivity index (χ1n) is 6.22. The summed E-state index contributed by atoms with van der Waals surface area (Å²) in [5.41, 5.74) is 1.47. The quantitative estimate of drug-likeness (QED) is 0.872. The van der Waals surface area contributed by atoms with E-state index in [1.807, 2.05) is 0 Å². The first kappa shape index (κ1) is 15.1. The molecule has 0 saturated heterocycles. The molecule has 110 valence electrons. The van der Waals surface area contributed by atoms with Crippen LogP contribution in [-0.2, 0) is 6.18 Å². The van der Waals surface area contributed by atoms with Crippen LogP contribution in [0.25, 0.3) is 11.1 Å². The van der Waals surface area contributed by atoms with Gasteiger partial charge in [0.15, 0.2) is 0 Å². The number of carboxylic acids is 1. The summed E-state index contributed by atoms with van der Waals surface area (Å²) in [6.45, 7) is 3.34. The third kappa shape index (κ3) is 3.07. The number of benzene rings is 2. The summed E-state index contributed by atoms with van der Waals surface area (Å²) in [5.74, 6) is -1.11. The maximum atomic E-state index is 12.7. The lowest BCUT2D eigenvalue weighted by Crippen LogP contribution is -2.06. The molecule has 0 spiro atoms. The van der Waals surface area contributed by atoms with Crippen LogP contribution < -0.4 is 0 Å². The van der Waals surface area contributed by atoms with Crippen LogP contribution in [0.15, 0.2) is 36.4 Å². The first-order valence-corrected chi connectivity index (χ1v) is 6.22. The predicted octanol–water partition coefficient (Wildman–Crippen LogP) is 4.69. The molecule has 1 N–H and O–H groups in total. The Hall–Kier alpha value is -2.30. The second-order valence-corrected chi connectivity index (χ2v) is 4.88. The van der Waals surface area contributed by atoms with Crippen molar-refractivity contribution in [3.63, 3.8) is 0 Å². The zero-order chi connectivity index (χ0) is 15.8. The van der Waals surface area contributed by atoms with Crippen molar-refractivity contribution in [3.8, 4) is 11.1 Å². The van der Waals surface area contributed by atoms with Crippen LogP contribution in [0.5, 0.6) is 0 Å². The summed E-state index contributed by atoms with van der Waals surface area (Å²) in [6.07, 6.45) is -4.41. The molecule has 5 heteroatoms. The fourth-order valence-corrected chi connectivity index (χ4v) is 2.21. The van der Waals surface area contributed by atoms with Crippen LogP contribution in [0.3, 0.4) is 0 Å². The van der Waals surface area contributed by atoms with E-state index in [1.165, 1.54) is 12.1 Å². The average Bonchev–Trinajstić information content (AvgIpc) is 2.37. The molecule has 2 nitrogen and oxygen atoms in total. The molecule has 0 saturated carbocycles. The van der Waals surface area contributed by atoms with E-state index in [0.29, 0.717) is 16.7 Å². The van der Waals surface area contributed by atoms with Gasteiger partial charge in [-0.25, -0.2) is 4.79 Å². The topological polar surface area (TPSA) is 37.3 Å². The van der Waals surface area contributed by atoms with E-state index in [0.717, 1.165) is 17.7 Å². The van der Waals surface area contributed by atoms with Crippen molar-refractivity contribution in [1.82, 2.24) is 0 Å². The van der Waals surface area contributed by atoms with Crippen molar-refractivity contribution < 1.29 is 23.1 Å². The van der Waals surface area contributed by atoms with Gasteiger partial charge >= 0.3 is 12.1 Å². The first-order chi connectivity index (χ1) is 9.70. The number of alkyl halides is 3. The molecule has 0 atom stereocenters. The summed E-state index contributed by atoms with van der Waals surface area (Å²) < 4.78 is 38.0. The SMILES string of the molecule is Cc1ccc(C(=O)O)c(-c2ccc(C(F)(F)F)cc2C)c1. The molecule has 0 fully saturated rings. The van der Waals surface area contributed by atoms with Gasteiger partial charge in [-0.3, -0.25) is 0 Å². The lowest BCUT2D eigenvalue weighted by Gasteiger charge is -2.13. The van der Waals surface area contributed by atoms with E-state index in [-0.39, 0.29) is 5.56 Å². The average molecular weight is 294 g/mol. The van der Waals surface area contributed by atoms with Gasteiger partial charge in [-0.2, -0.15) is 13.2 Å². The zero-order valence-electron chi connectivity index (χ0n) is 11.5. The number of carboxylic acid groups (broad SMARTS) is 1. The molecule has 0 aliphatic rings. The molecular formula is C16H13F3O2. The van der Waals surface area contributed by atoms with Crippen LogP contribution in [0.2, 0.25) is 0 Å². The second kappa shape index (κ2) is 5.24. The van der Waals surface area contributed by atoms with Crippen molar-refractivity contribution in [2.45, 2.75) is 20.0 Å². The Kier molecular flexibility index (Phi) is 3.77. The van der Waals surface area contributed by atoms with E-state index < -0.39 is 17.7 Å². The summed E-state index contributed by atoms with van der Waals surface area (Å²) >= 11 is 0. The van der Waals surface area contributed by atoms with Gasteiger partial charge in [0.2, 0.25) is 0 Å². The number of aryl methyl sites for hydroxylation is 2. The molecule has 21 heavy (non-hydrogen) atoms. The minimum absolute atomic E-state index is 0.0726. The van der Waals surface area contributed by atoms with Gasteiger partial charge in [-0.1, -0.05) is 23.8 Å². The van der Waals surface area contributed by atoms with E-state index >= 15 is 0 Å². The van der Waals surface area contributed by atoms with Crippen LogP contribution >= 0.6 is 0 Å². The number of rotatable bonds is 2. The highest BCUT2D eigenvalue weighted by Gasteiger charge is 2.30. The molecule has 0 heterocycles. The molecule has 0 radical (unpaired) electrons. The lowest BCUT2D eigenvalue weighted by molar-refractivity contribution is -0.137. The van der Waals surface area contributed by atoms with E-state index in [1.54, 1.807) is 26.0 Å². The third-order valence-corrected chi connectivity index (χ3v) is 3.25. The van der Waals surface area contributed by atoms with E-state index in [9.17, 15) is 23.1 Å². The Morgan fingerprint density at radius 3 is 2.19 bits per heavy atom. The van der Waals surface area contributed by atoms with Crippen molar-refractivity contribution in [3.05, 3.63) is 58.7 Å². The normalized spacial score (nSPS) is 11.5. The zero-order valence-corrected chi connectivity index (χ0v) is 11.5. The molecule has 0 aromatic heterocycles. The lowest BCUT2D eigenvalue weighted by atomic mass is 9.93. The molecular weight excluding hydrogens is 281 g/mol. The van der Waals surface area contributed by atoms with Gasteiger partial charge in [0, 0.05) is 0 Å². The molecule has 2 aromatic carbocycles. The number of aromatic carboxylic acids is 1. The maximum Gasteiger partial charge on any atom is 0.416 e. The number of halogens is 3. The fourth-order valence-electron chi connectivity index (χ4n) is 2.21. The highest BCUT2D eigenvalue weighted by molar-refractivity contribution is 5.96. The van der Waals surface area contributed by atoms with Gasteiger partial charge in [0.1, 0.15) is 0 Å². The van der Waals surface area contributed by atoms with Crippen molar-refractivity contribution in [2.75, 3.05) is 0 Å². The Morgan fingerprint density at radius 1 is 1.00 bits per heavy atom. The van der Waals surface area contributed by atoms with Gasteiger partial charge in [0.25, 0.3) is 0 Å². The summed E-state index contributed by atoms with van der Waals surface area (Å²) in [5, 5.41) is 9.21. The monoisotopic (exact) mass is 294 g/mol. The molecule has 2 aromatic rings. The van der Waals surface area contributed by atoms with Gasteiger partial charge in [-0.05, 0) is 48.7 Å². The standard InChI is InChI=1S/C16H13F3O2/c1-9-3-5-13(15(20)21)14(7-9)12-6-4-11(8-10(12)2)16(17,18)19/h3-8H,1-2H3,(H,20,21). The predicted molar refractivity (Wildman–Crippen MR) is 73.3 cm³/mol. The molecule has 0 bridgehead atoms. The Balaban J connectivity index is 2.63. The minimum Gasteiger partial charge on any atom is -0.478 e. The molecule has 0 unspecified atom stereocenters. The Labute approximate surface area is 119 Å². The second-order valence-electron chi connectivity index (χ2n) is 4.88.